The van der Waals surface area contributed by atoms with Crippen LogP contribution < -0.4 is 10.1 Å². The Labute approximate surface area is 180 Å². The third kappa shape index (κ3) is 4.62. The zero-order valence-corrected chi connectivity index (χ0v) is 19.6. The van der Waals surface area contributed by atoms with Crippen LogP contribution in [0.4, 0.5) is 0 Å². The molecule has 2 heterocycles. The predicted octanol–water partition coefficient (Wildman–Crippen LogP) is 3.88. The van der Waals surface area contributed by atoms with Gasteiger partial charge in [0.05, 0.1) is 0 Å². The third-order valence-electron chi connectivity index (χ3n) is 6.86. The van der Waals surface area contributed by atoms with Gasteiger partial charge < -0.3 is 20.4 Å². The number of benzene rings is 1. The Balaban J connectivity index is 1.56. The molecule has 0 amide bonds. The molecule has 5 nitrogen and oxygen atoms in total. The maximum Gasteiger partial charge on any atom is 0.126 e. The van der Waals surface area contributed by atoms with Gasteiger partial charge in [0.15, 0.2) is 0 Å². The normalized spacial score (nSPS) is 26.8. The molecule has 0 radical (unpaired) electrons. The minimum absolute atomic E-state index is 0.179. The summed E-state index contributed by atoms with van der Waals surface area (Å²) in [5.41, 5.74) is 2.05. The highest BCUT2D eigenvalue weighted by Crippen LogP contribution is 2.43. The molecule has 1 aromatic rings. The second kappa shape index (κ2) is 8.75. The van der Waals surface area contributed by atoms with E-state index in [1.54, 1.807) is 11.8 Å². The molecule has 2 aliphatic heterocycles. The van der Waals surface area contributed by atoms with Crippen molar-refractivity contribution in [2.24, 2.45) is 5.92 Å². The fraction of sp³-hybridized carbons (Fsp3) is 0.739. The molecule has 3 atom stereocenters. The number of hydrogen-bond donors (Lipinski definition) is 3. The van der Waals surface area contributed by atoms with Crippen molar-refractivity contribution in [1.29, 1.82) is 0 Å². The van der Waals surface area contributed by atoms with Gasteiger partial charge in [-0.25, -0.2) is 0 Å². The summed E-state index contributed by atoms with van der Waals surface area (Å²) < 4.78 is 6.20. The van der Waals surface area contributed by atoms with Gasteiger partial charge in [0.1, 0.15) is 18.0 Å². The van der Waals surface area contributed by atoms with Crippen molar-refractivity contribution in [3.8, 4) is 5.75 Å². The number of aliphatic hydroxyl groups is 1. The summed E-state index contributed by atoms with van der Waals surface area (Å²) in [4.78, 5) is 1.33. The lowest BCUT2D eigenvalue weighted by Crippen LogP contribution is -2.49. The summed E-state index contributed by atoms with van der Waals surface area (Å²) in [6, 6.07) is 4.41. The maximum absolute atomic E-state index is 10.7. The SMILES string of the molecule is CCc1cc2c(cc1SC)CCC(C(O)CNCC1CC(C)(C)N(O)C1(C)C)O2. The first-order chi connectivity index (χ1) is 13.6. The number of aryl methyl sites for hydroxylation is 2. The van der Waals surface area contributed by atoms with Crippen LogP contribution in [0.15, 0.2) is 17.0 Å². The van der Waals surface area contributed by atoms with E-state index in [1.807, 2.05) is 0 Å². The first kappa shape index (κ1) is 22.9. The van der Waals surface area contributed by atoms with Crippen molar-refractivity contribution in [1.82, 2.24) is 10.4 Å². The smallest absolute Gasteiger partial charge is 0.126 e. The average Bonchev–Trinajstić information content (AvgIpc) is 2.85. The number of hydrogen-bond acceptors (Lipinski definition) is 6. The molecule has 0 aliphatic carbocycles. The van der Waals surface area contributed by atoms with E-state index in [0.29, 0.717) is 12.5 Å². The molecule has 0 bridgehead atoms. The summed E-state index contributed by atoms with van der Waals surface area (Å²) >= 11 is 1.79. The number of rotatable bonds is 7. The van der Waals surface area contributed by atoms with Gasteiger partial charge in [0, 0.05) is 22.5 Å². The lowest BCUT2D eigenvalue weighted by Gasteiger charge is -2.36. The quantitative estimate of drug-likeness (QED) is 0.580. The Hall–Kier alpha value is -0.790. The van der Waals surface area contributed by atoms with Crippen molar-refractivity contribution in [3.63, 3.8) is 0 Å². The minimum atomic E-state index is -0.545. The molecule has 29 heavy (non-hydrogen) atoms. The molecule has 164 valence electrons. The van der Waals surface area contributed by atoms with Crippen LogP contribution in [0.25, 0.3) is 0 Å². The molecule has 1 saturated heterocycles. The Morgan fingerprint density at radius 3 is 2.62 bits per heavy atom. The summed E-state index contributed by atoms with van der Waals surface area (Å²) in [6.45, 7) is 11.8. The molecule has 1 aromatic carbocycles. The molecular formula is C23H38N2O3S. The van der Waals surface area contributed by atoms with E-state index in [2.05, 4.69) is 58.3 Å². The van der Waals surface area contributed by atoms with Gasteiger partial charge in [-0.3, -0.25) is 0 Å². The van der Waals surface area contributed by atoms with E-state index >= 15 is 0 Å². The third-order valence-corrected chi connectivity index (χ3v) is 7.68. The Kier molecular flexibility index (Phi) is 6.91. The number of aliphatic hydroxyl groups excluding tert-OH is 1. The van der Waals surface area contributed by atoms with Crippen LogP contribution >= 0.6 is 11.8 Å². The number of fused-ring (bicyclic) bond motifs is 1. The number of nitrogens with one attached hydrogen (secondary N) is 1. The first-order valence-corrected chi connectivity index (χ1v) is 12.1. The molecule has 0 aromatic heterocycles. The number of ether oxygens (including phenoxy) is 1. The van der Waals surface area contributed by atoms with Crippen LogP contribution in [0, 0.1) is 5.92 Å². The predicted molar refractivity (Wildman–Crippen MR) is 119 cm³/mol. The lowest BCUT2D eigenvalue weighted by molar-refractivity contribution is -0.196. The zero-order chi connectivity index (χ0) is 21.4. The van der Waals surface area contributed by atoms with Crippen LogP contribution in [-0.2, 0) is 12.8 Å². The molecule has 3 unspecified atom stereocenters. The standard InChI is InChI=1S/C23H38N2O3S/c1-7-15-10-20-16(11-21(15)29-6)8-9-19(28-20)18(26)14-24-13-17-12-22(2,3)25(27)23(17,4)5/h10-11,17-19,24,26-27H,7-9,12-14H2,1-6H3. The van der Waals surface area contributed by atoms with Crippen LogP contribution in [-0.4, -0.2) is 58.0 Å². The second-order valence-corrected chi connectivity index (χ2v) is 10.6. The highest BCUT2D eigenvalue weighted by molar-refractivity contribution is 7.98. The Morgan fingerprint density at radius 1 is 1.31 bits per heavy atom. The molecule has 3 rings (SSSR count). The Bertz CT molecular complexity index is 722. The molecule has 3 N–H and O–H groups in total. The van der Waals surface area contributed by atoms with Crippen molar-refractivity contribution in [2.45, 2.75) is 88.5 Å². The van der Waals surface area contributed by atoms with Crippen LogP contribution in [0.2, 0.25) is 0 Å². The fourth-order valence-electron chi connectivity index (χ4n) is 4.96. The van der Waals surface area contributed by atoms with E-state index < -0.39 is 6.10 Å². The van der Waals surface area contributed by atoms with Gasteiger partial charge in [0.2, 0.25) is 0 Å². The largest absolute Gasteiger partial charge is 0.487 e. The van der Waals surface area contributed by atoms with Crippen LogP contribution in [0.3, 0.4) is 0 Å². The zero-order valence-electron chi connectivity index (χ0n) is 18.8. The second-order valence-electron chi connectivity index (χ2n) is 9.72. The van der Waals surface area contributed by atoms with Crippen LogP contribution in [0.1, 0.15) is 58.6 Å². The van der Waals surface area contributed by atoms with Crippen molar-refractivity contribution < 1.29 is 15.1 Å². The van der Waals surface area contributed by atoms with Gasteiger partial charge in [0.25, 0.3) is 0 Å². The number of nitrogens with zero attached hydrogens (tertiary/aromatic N) is 1. The monoisotopic (exact) mass is 422 g/mol. The van der Waals surface area contributed by atoms with E-state index in [-0.39, 0.29) is 17.2 Å². The van der Waals surface area contributed by atoms with E-state index in [0.717, 1.165) is 38.0 Å². The van der Waals surface area contributed by atoms with Gasteiger partial charge >= 0.3 is 0 Å². The topological polar surface area (TPSA) is 65.0 Å². The molecular weight excluding hydrogens is 384 g/mol. The summed E-state index contributed by atoms with van der Waals surface area (Å²) in [6.07, 6.45) is 5.07. The average molecular weight is 423 g/mol. The Morgan fingerprint density at radius 2 is 2.03 bits per heavy atom. The van der Waals surface area contributed by atoms with Gasteiger partial charge in [-0.15, -0.1) is 11.8 Å². The molecule has 0 saturated carbocycles. The van der Waals surface area contributed by atoms with Gasteiger partial charge in [-0.1, -0.05) is 6.92 Å². The first-order valence-electron chi connectivity index (χ1n) is 10.8. The summed E-state index contributed by atoms with van der Waals surface area (Å²) in [5, 5.41) is 26.1. The number of hydroxylamine groups is 2. The number of thioether (sulfide) groups is 1. The molecule has 1 fully saturated rings. The van der Waals surface area contributed by atoms with Gasteiger partial charge in [-0.05, 0) is 95.4 Å². The summed E-state index contributed by atoms with van der Waals surface area (Å²) in [5.74, 6) is 1.25. The van der Waals surface area contributed by atoms with E-state index in [1.165, 1.54) is 21.1 Å². The maximum atomic E-state index is 10.7. The minimum Gasteiger partial charge on any atom is -0.487 e. The molecule has 2 aliphatic rings. The highest BCUT2D eigenvalue weighted by Gasteiger charge is 2.50. The van der Waals surface area contributed by atoms with Crippen LogP contribution in [0.5, 0.6) is 5.75 Å². The highest BCUT2D eigenvalue weighted by atomic mass is 32.2. The van der Waals surface area contributed by atoms with Crippen molar-refractivity contribution in [3.05, 3.63) is 23.3 Å². The lowest BCUT2D eigenvalue weighted by atomic mass is 9.87. The van der Waals surface area contributed by atoms with Gasteiger partial charge in [-0.2, -0.15) is 5.06 Å². The van der Waals surface area contributed by atoms with E-state index in [4.69, 9.17) is 4.74 Å². The van der Waals surface area contributed by atoms with Crippen molar-refractivity contribution in [2.75, 3.05) is 19.3 Å². The van der Waals surface area contributed by atoms with Crippen molar-refractivity contribution >= 4 is 11.8 Å². The van der Waals surface area contributed by atoms with E-state index in [9.17, 15) is 10.3 Å². The molecule has 6 heteroatoms. The fourth-order valence-corrected chi connectivity index (χ4v) is 5.68. The molecule has 0 spiro atoms. The summed E-state index contributed by atoms with van der Waals surface area (Å²) in [7, 11) is 0.